The molecule has 0 unspecified atom stereocenters. The molecule has 1 aliphatic rings. The fraction of sp³-hybridized carbons (Fsp3) is 0.381. The fourth-order valence-corrected chi connectivity index (χ4v) is 3.34. The molecular weight excluding hydrogens is 312 g/mol. The van der Waals surface area contributed by atoms with Crippen LogP contribution in [0.15, 0.2) is 54.6 Å². The van der Waals surface area contributed by atoms with Gasteiger partial charge in [-0.3, -0.25) is 9.69 Å². The number of amides is 1. The van der Waals surface area contributed by atoms with Crippen molar-refractivity contribution in [3.63, 3.8) is 0 Å². The van der Waals surface area contributed by atoms with Crippen LogP contribution in [0.1, 0.15) is 24.0 Å². The average Bonchev–Trinajstić information content (AvgIpc) is 2.87. The van der Waals surface area contributed by atoms with Gasteiger partial charge in [0.15, 0.2) is 0 Å². The standard InChI is InChI=1S/C21H26N2O2/c24-20-10-5-4-9-19(20)11-12-21(25)23-14-6-13-22(15-16-23)17-18-7-2-1-3-8-18/h1-5,7-10,24H,6,11-17H2. The lowest BCUT2D eigenvalue weighted by Crippen LogP contribution is -2.35. The van der Waals surface area contributed by atoms with E-state index in [1.54, 1.807) is 12.1 Å². The van der Waals surface area contributed by atoms with Crippen molar-refractivity contribution in [3.8, 4) is 5.75 Å². The second kappa shape index (κ2) is 8.67. The van der Waals surface area contributed by atoms with Gasteiger partial charge in [-0.05, 0) is 30.0 Å². The SMILES string of the molecule is O=C(CCc1ccccc1O)N1CCCN(Cc2ccccc2)CC1. The van der Waals surface area contributed by atoms with E-state index < -0.39 is 0 Å². The molecule has 1 fully saturated rings. The maximum absolute atomic E-state index is 12.5. The zero-order valence-corrected chi connectivity index (χ0v) is 14.6. The Bertz CT molecular complexity index is 687. The monoisotopic (exact) mass is 338 g/mol. The molecule has 4 nitrogen and oxygen atoms in total. The molecule has 1 amide bonds. The van der Waals surface area contributed by atoms with Crippen LogP contribution >= 0.6 is 0 Å². The van der Waals surface area contributed by atoms with E-state index in [0.717, 1.165) is 44.7 Å². The van der Waals surface area contributed by atoms with Crippen molar-refractivity contribution in [2.24, 2.45) is 0 Å². The van der Waals surface area contributed by atoms with Crippen LogP contribution in [0.5, 0.6) is 5.75 Å². The first-order valence-electron chi connectivity index (χ1n) is 9.03. The summed E-state index contributed by atoms with van der Waals surface area (Å²) < 4.78 is 0. The van der Waals surface area contributed by atoms with Crippen LogP contribution in [-0.4, -0.2) is 47.0 Å². The number of para-hydroxylation sites is 1. The Kier molecular flexibility index (Phi) is 6.07. The van der Waals surface area contributed by atoms with Gasteiger partial charge in [-0.2, -0.15) is 0 Å². The third-order valence-electron chi connectivity index (χ3n) is 4.79. The molecule has 0 aliphatic carbocycles. The molecule has 1 N–H and O–H groups in total. The average molecular weight is 338 g/mol. The molecule has 2 aromatic rings. The van der Waals surface area contributed by atoms with Crippen molar-refractivity contribution in [2.45, 2.75) is 25.8 Å². The number of rotatable bonds is 5. The normalized spacial score (nSPS) is 15.8. The number of phenolic OH excluding ortho intramolecular Hbond substituents is 1. The van der Waals surface area contributed by atoms with E-state index in [1.165, 1.54) is 5.56 Å². The summed E-state index contributed by atoms with van der Waals surface area (Å²) in [5.41, 5.74) is 2.17. The molecule has 2 aromatic carbocycles. The molecule has 3 rings (SSSR count). The second-order valence-electron chi connectivity index (χ2n) is 6.62. The van der Waals surface area contributed by atoms with Crippen molar-refractivity contribution in [1.82, 2.24) is 9.80 Å². The third-order valence-corrected chi connectivity index (χ3v) is 4.79. The van der Waals surface area contributed by atoms with Gasteiger partial charge in [0.2, 0.25) is 5.91 Å². The fourth-order valence-electron chi connectivity index (χ4n) is 3.34. The minimum Gasteiger partial charge on any atom is -0.508 e. The van der Waals surface area contributed by atoms with Crippen LogP contribution in [0.25, 0.3) is 0 Å². The summed E-state index contributed by atoms with van der Waals surface area (Å²) in [6.45, 7) is 4.49. The number of aromatic hydroxyl groups is 1. The first-order chi connectivity index (χ1) is 12.2. The van der Waals surface area contributed by atoms with Gasteiger partial charge in [-0.25, -0.2) is 0 Å². The maximum atomic E-state index is 12.5. The van der Waals surface area contributed by atoms with Gasteiger partial charge in [0, 0.05) is 39.1 Å². The van der Waals surface area contributed by atoms with Crippen LogP contribution in [0, 0.1) is 0 Å². The largest absolute Gasteiger partial charge is 0.508 e. The van der Waals surface area contributed by atoms with E-state index in [-0.39, 0.29) is 11.7 Å². The Hall–Kier alpha value is -2.33. The predicted octanol–water partition coefficient (Wildman–Crippen LogP) is 3.06. The van der Waals surface area contributed by atoms with E-state index in [4.69, 9.17) is 0 Å². The van der Waals surface area contributed by atoms with Crippen LogP contribution in [-0.2, 0) is 17.8 Å². The molecule has 132 valence electrons. The van der Waals surface area contributed by atoms with Gasteiger partial charge in [-0.15, -0.1) is 0 Å². The molecule has 4 heteroatoms. The Morgan fingerprint density at radius 3 is 2.48 bits per heavy atom. The van der Waals surface area contributed by atoms with Crippen LogP contribution < -0.4 is 0 Å². The summed E-state index contributed by atoms with van der Waals surface area (Å²) in [5, 5.41) is 9.82. The quantitative estimate of drug-likeness (QED) is 0.911. The van der Waals surface area contributed by atoms with Crippen molar-refractivity contribution in [3.05, 3.63) is 65.7 Å². The lowest BCUT2D eigenvalue weighted by Gasteiger charge is -2.22. The highest BCUT2D eigenvalue weighted by molar-refractivity contribution is 5.76. The first-order valence-corrected chi connectivity index (χ1v) is 9.03. The molecular formula is C21H26N2O2. The Morgan fingerprint density at radius 1 is 0.920 bits per heavy atom. The van der Waals surface area contributed by atoms with Crippen LogP contribution in [0.3, 0.4) is 0 Å². The molecule has 0 aromatic heterocycles. The molecule has 0 spiro atoms. The van der Waals surface area contributed by atoms with Gasteiger partial charge in [0.1, 0.15) is 5.75 Å². The van der Waals surface area contributed by atoms with Crippen LogP contribution in [0.2, 0.25) is 0 Å². The van der Waals surface area contributed by atoms with E-state index in [1.807, 2.05) is 23.1 Å². The number of hydrogen-bond acceptors (Lipinski definition) is 3. The van der Waals surface area contributed by atoms with Crippen molar-refractivity contribution in [1.29, 1.82) is 0 Å². The summed E-state index contributed by atoms with van der Waals surface area (Å²) in [7, 11) is 0. The van der Waals surface area contributed by atoms with Crippen molar-refractivity contribution < 1.29 is 9.90 Å². The summed E-state index contributed by atoms with van der Waals surface area (Å²) in [5.74, 6) is 0.463. The maximum Gasteiger partial charge on any atom is 0.222 e. The number of phenols is 1. The minimum atomic E-state index is 0.185. The van der Waals surface area contributed by atoms with Gasteiger partial charge >= 0.3 is 0 Å². The minimum absolute atomic E-state index is 0.185. The molecule has 25 heavy (non-hydrogen) atoms. The summed E-state index contributed by atoms with van der Waals surface area (Å²) in [6, 6.07) is 17.7. The Balaban J connectivity index is 1.49. The number of carbonyl (C=O) groups excluding carboxylic acids is 1. The lowest BCUT2D eigenvalue weighted by atomic mass is 10.1. The molecule has 1 aliphatic heterocycles. The number of hydrogen-bond donors (Lipinski definition) is 1. The van der Waals surface area contributed by atoms with E-state index in [9.17, 15) is 9.90 Å². The van der Waals surface area contributed by atoms with E-state index >= 15 is 0 Å². The van der Waals surface area contributed by atoms with Crippen LogP contribution in [0.4, 0.5) is 0 Å². The number of nitrogens with zero attached hydrogens (tertiary/aromatic N) is 2. The van der Waals surface area contributed by atoms with Gasteiger partial charge in [-0.1, -0.05) is 48.5 Å². The lowest BCUT2D eigenvalue weighted by molar-refractivity contribution is -0.131. The molecule has 0 bridgehead atoms. The molecule has 0 radical (unpaired) electrons. The highest BCUT2D eigenvalue weighted by atomic mass is 16.3. The predicted molar refractivity (Wildman–Crippen MR) is 99.3 cm³/mol. The number of benzene rings is 2. The summed E-state index contributed by atoms with van der Waals surface area (Å²) >= 11 is 0. The highest BCUT2D eigenvalue weighted by Crippen LogP contribution is 2.18. The topological polar surface area (TPSA) is 43.8 Å². The second-order valence-corrected chi connectivity index (χ2v) is 6.62. The number of aryl methyl sites for hydroxylation is 1. The van der Waals surface area contributed by atoms with Gasteiger partial charge in [0.05, 0.1) is 0 Å². The van der Waals surface area contributed by atoms with Gasteiger partial charge < -0.3 is 10.0 Å². The van der Waals surface area contributed by atoms with Crippen molar-refractivity contribution in [2.75, 3.05) is 26.2 Å². The number of carbonyl (C=O) groups is 1. The molecule has 0 atom stereocenters. The Morgan fingerprint density at radius 2 is 1.68 bits per heavy atom. The molecule has 1 saturated heterocycles. The van der Waals surface area contributed by atoms with E-state index in [2.05, 4.69) is 29.2 Å². The molecule has 1 heterocycles. The summed E-state index contributed by atoms with van der Waals surface area (Å²) in [6.07, 6.45) is 2.06. The smallest absolute Gasteiger partial charge is 0.222 e. The van der Waals surface area contributed by atoms with Crippen molar-refractivity contribution >= 4 is 5.91 Å². The molecule has 0 saturated carbocycles. The Labute approximate surface area is 149 Å². The highest BCUT2D eigenvalue weighted by Gasteiger charge is 2.19. The van der Waals surface area contributed by atoms with E-state index in [0.29, 0.717) is 12.8 Å². The summed E-state index contributed by atoms with van der Waals surface area (Å²) in [4.78, 5) is 16.9. The third kappa shape index (κ3) is 5.07. The zero-order valence-electron chi connectivity index (χ0n) is 14.6. The van der Waals surface area contributed by atoms with Gasteiger partial charge in [0.25, 0.3) is 0 Å². The first kappa shape index (κ1) is 17.5. The zero-order chi connectivity index (χ0) is 17.5.